The highest BCUT2D eigenvalue weighted by Gasteiger charge is 2.22. The van der Waals surface area contributed by atoms with Crippen LogP contribution >= 0.6 is 11.6 Å². The highest BCUT2D eigenvalue weighted by atomic mass is 35.5. The number of likely N-dealkylation sites (N-methyl/N-ethyl adjacent to an activating group) is 2. The SMILES string of the molecule is CCNc1ncc(Cl)c(NCC2CN(C)CCN2C)n1. The first-order valence-corrected chi connectivity index (χ1v) is 7.37. The lowest BCUT2D eigenvalue weighted by Crippen LogP contribution is -2.52. The van der Waals surface area contributed by atoms with Gasteiger partial charge >= 0.3 is 0 Å². The fraction of sp³-hybridized carbons (Fsp3) is 0.692. The molecule has 1 atom stereocenters. The molecule has 0 amide bonds. The van der Waals surface area contributed by atoms with Crippen molar-refractivity contribution in [2.75, 3.05) is 57.5 Å². The predicted molar refractivity (Wildman–Crippen MR) is 83.6 cm³/mol. The maximum Gasteiger partial charge on any atom is 0.224 e. The summed E-state index contributed by atoms with van der Waals surface area (Å²) in [5.74, 6) is 1.30. The van der Waals surface area contributed by atoms with Crippen molar-refractivity contribution in [2.45, 2.75) is 13.0 Å². The molecule has 1 aliphatic rings. The van der Waals surface area contributed by atoms with Crippen molar-refractivity contribution in [3.05, 3.63) is 11.2 Å². The van der Waals surface area contributed by atoms with Crippen molar-refractivity contribution in [3.8, 4) is 0 Å². The Morgan fingerprint density at radius 1 is 1.35 bits per heavy atom. The normalized spacial score (nSPS) is 20.9. The highest BCUT2D eigenvalue weighted by molar-refractivity contribution is 6.32. The number of nitrogens with one attached hydrogen (secondary N) is 2. The standard InChI is InChI=1S/C13H23ClN6/c1-4-15-13-17-8-11(14)12(18-13)16-7-10-9-19(2)5-6-20(10)3/h8,10H,4-7,9H2,1-3H3,(H2,15,16,17,18). The minimum atomic E-state index is 0.461. The second-order valence-electron chi connectivity index (χ2n) is 5.20. The minimum absolute atomic E-state index is 0.461. The van der Waals surface area contributed by atoms with Crippen LogP contribution in [-0.2, 0) is 0 Å². The maximum atomic E-state index is 6.14. The van der Waals surface area contributed by atoms with Crippen LogP contribution in [0.3, 0.4) is 0 Å². The van der Waals surface area contributed by atoms with Crippen molar-refractivity contribution in [3.63, 3.8) is 0 Å². The van der Waals surface area contributed by atoms with Gasteiger partial charge in [0.1, 0.15) is 5.02 Å². The Balaban J connectivity index is 1.97. The minimum Gasteiger partial charge on any atom is -0.367 e. The van der Waals surface area contributed by atoms with E-state index in [-0.39, 0.29) is 0 Å². The van der Waals surface area contributed by atoms with Gasteiger partial charge in [-0.1, -0.05) is 11.6 Å². The average Bonchev–Trinajstić information content (AvgIpc) is 2.43. The van der Waals surface area contributed by atoms with Crippen molar-refractivity contribution in [1.29, 1.82) is 0 Å². The zero-order valence-corrected chi connectivity index (χ0v) is 13.1. The van der Waals surface area contributed by atoms with Gasteiger partial charge in [-0.25, -0.2) is 4.98 Å². The Hall–Kier alpha value is -1.11. The zero-order valence-electron chi connectivity index (χ0n) is 12.4. The monoisotopic (exact) mass is 298 g/mol. The number of anilines is 2. The van der Waals surface area contributed by atoms with Gasteiger partial charge in [-0.05, 0) is 21.0 Å². The molecule has 20 heavy (non-hydrogen) atoms. The van der Waals surface area contributed by atoms with E-state index in [1.54, 1.807) is 6.20 Å². The van der Waals surface area contributed by atoms with E-state index in [2.05, 4.69) is 44.5 Å². The first-order valence-electron chi connectivity index (χ1n) is 6.99. The second-order valence-corrected chi connectivity index (χ2v) is 5.61. The van der Waals surface area contributed by atoms with Crippen molar-refractivity contribution in [2.24, 2.45) is 0 Å². The Morgan fingerprint density at radius 3 is 2.90 bits per heavy atom. The molecule has 1 aromatic heterocycles. The van der Waals surface area contributed by atoms with Gasteiger partial charge in [0.2, 0.25) is 5.95 Å². The van der Waals surface area contributed by atoms with Crippen molar-refractivity contribution >= 4 is 23.4 Å². The summed E-state index contributed by atoms with van der Waals surface area (Å²) in [5, 5.41) is 6.98. The molecule has 6 nitrogen and oxygen atoms in total. The molecule has 2 rings (SSSR count). The molecule has 2 N–H and O–H groups in total. The molecular weight excluding hydrogens is 276 g/mol. The van der Waals surface area contributed by atoms with Gasteiger partial charge in [0.05, 0.1) is 6.20 Å². The third-order valence-corrected chi connectivity index (χ3v) is 3.84. The van der Waals surface area contributed by atoms with Crippen LogP contribution in [0.5, 0.6) is 0 Å². The predicted octanol–water partition coefficient (Wildman–Crippen LogP) is 1.22. The van der Waals surface area contributed by atoms with E-state index in [1.165, 1.54) is 0 Å². The molecule has 0 aliphatic carbocycles. The third-order valence-electron chi connectivity index (χ3n) is 3.56. The summed E-state index contributed by atoms with van der Waals surface area (Å²) >= 11 is 6.14. The van der Waals surface area contributed by atoms with E-state index >= 15 is 0 Å². The lowest BCUT2D eigenvalue weighted by atomic mass is 10.2. The zero-order chi connectivity index (χ0) is 14.5. The van der Waals surface area contributed by atoms with Gasteiger partial charge in [0, 0.05) is 38.8 Å². The average molecular weight is 299 g/mol. The fourth-order valence-electron chi connectivity index (χ4n) is 2.27. The third kappa shape index (κ3) is 3.94. The maximum absolute atomic E-state index is 6.14. The van der Waals surface area contributed by atoms with Gasteiger partial charge < -0.3 is 15.5 Å². The number of aromatic nitrogens is 2. The molecule has 112 valence electrons. The molecule has 0 bridgehead atoms. The molecule has 0 radical (unpaired) electrons. The first kappa shape index (κ1) is 15.3. The van der Waals surface area contributed by atoms with Crippen LogP contribution in [0, 0.1) is 0 Å². The Morgan fingerprint density at radius 2 is 2.15 bits per heavy atom. The Bertz CT molecular complexity index is 441. The van der Waals surface area contributed by atoms with Crippen LogP contribution in [-0.4, -0.2) is 72.6 Å². The Labute approximate surface area is 125 Å². The number of halogens is 1. The number of piperazine rings is 1. The summed E-state index contributed by atoms with van der Waals surface area (Å²) in [6.07, 6.45) is 1.63. The van der Waals surface area contributed by atoms with Crippen molar-refractivity contribution in [1.82, 2.24) is 19.8 Å². The summed E-state index contributed by atoms with van der Waals surface area (Å²) in [4.78, 5) is 13.2. The van der Waals surface area contributed by atoms with Crippen molar-refractivity contribution < 1.29 is 0 Å². The van der Waals surface area contributed by atoms with Crippen LogP contribution in [0.4, 0.5) is 11.8 Å². The number of hydrogen-bond donors (Lipinski definition) is 2. The largest absolute Gasteiger partial charge is 0.367 e. The van der Waals surface area contributed by atoms with E-state index in [0.717, 1.165) is 32.7 Å². The molecule has 7 heteroatoms. The van der Waals surface area contributed by atoms with Gasteiger partial charge in [0.15, 0.2) is 5.82 Å². The van der Waals surface area contributed by atoms with E-state index in [0.29, 0.717) is 22.8 Å². The summed E-state index contributed by atoms with van der Waals surface area (Å²) in [6.45, 7) is 6.87. The van der Waals surface area contributed by atoms with E-state index in [4.69, 9.17) is 11.6 Å². The summed E-state index contributed by atoms with van der Waals surface area (Å²) in [5.41, 5.74) is 0. The summed E-state index contributed by atoms with van der Waals surface area (Å²) in [6, 6.07) is 0.461. The molecule has 1 aliphatic heterocycles. The van der Waals surface area contributed by atoms with Crippen LogP contribution in [0.2, 0.25) is 5.02 Å². The molecule has 1 saturated heterocycles. The van der Waals surface area contributed by atoms with E-state index in [1.807, 2.05) is 6.92 Å². The molecule has 1 aromatic rings. The van der Waals surface area contributed by atoms with E-state index in [9.17, 15) is 0 Å². The topological polar surface area (TPSA) is 56.3 Å². The van der Waals surface area contributed by atoms with Crippen LogP contribution in [0.15, 0.2) is 6.20 Å². The van der Waals surface area contributed by atoms with Crippen LogP contribution in [0.25, 0.3) is 0 Å². The van der Waals surface area contributed by atoms with Gasteiger partial charge in [-0.3, -0.25) is 4.90 Å². The molecule has 0 spiro atoms. The molecule has 0 saturated carbocycles. The molecule has 0 aromatic carbocycles. The first-order chi connectivity index (χ1) is 9.60. The molecular formula is C13H23ClN6. The van der Waals surface area contributed by atoms with E-state index < -0.39 is 0 Å². The number of hydrogen-bond acceptors (Lipinski definition) is 6. The van der Waals surface area contributed by atoms with Gasteiger partial charge in [-0.15, -0.1) is 0 Å². The quantitative estimate of drug-likeness (QED) is 0.852. The van der Waals surface area contributed by atoms with Crippen LogP contribution < -0.4 is 10.6 Å². The molecule has 2 heterocycles. The second kappa shape index (κ2) is 7.06. The number of nitrogens with zero attached hydrogens (tertiary/aromatic N) is 4. The lowest BCUT2D eigenvalue weighted by molar-refractivity contribution is 0.122. The Kier molecular flexibility index (Phi) is 5.39. The molecule has 1 unspecified atom stereocenters. The molecule has 1 fully saturated rings. The van der Waals surface area contributed by atoms with Gasteiger partial charge in [-0.2, -0.15) is 4.98 Å². The summed E-state index contributed by atoms with van der Waals surface area (Å²) < 4.78 is 0. The highest BCUT2D eigenvalue weighted by Crippen LogP contribution is 2.19. The smallest absolute Gasteiger partial charge is 0.224 e. The lowest BCUT2D eigenvalue weighted by Gasteiger charge is -2.37. The van der Waals surface area contributed by atoms with Gasteiger partial charge in [0.25, 0.3) is 0 Å². The number of rotatable bonds is 5. The summed E-state index contributed by atoms with van der Waals surface area (Å²) in [7, 11) is 4.31. The van der Waals surface area contributed by atoms with Crippen LogP contribution in [0.1, 0.15) is 6.92 Å². The fourth-order valence-corrected chi connectivity index (χ4v) is 2.43.